The highest BCUT2D eigenvalue weighted by atomic mass is 16.6. The van der Waals surface area contributed by atoms with E-state index >= 15 is 0 Å². The molecule has 1 fully saturated rings. The van der Waals surface area contributed by atoms with Crippen LogP contribution in [-0.4, -0.2) is 47.3 Å². The Morgan fingerprint density at radius 2 is 2.30 bits per heavy atom. The Balaban J connectivity index is 1.46. The van der Waals surface area contributed by atoms with Gasteiger partial charge in [0.15, 0.2) is 0 Å². The number of ether oxygens (including phenoxy) is 3. The van der Waals surface area contributed by atoms with E-state index in [-0.39, 0.29) is 25.3 Å². The molecule has 106 valence electrons. The summed E-state index contributed by atoms with van der Waals surface area (Å²) in [7, 11) is 0. The van der Waals surface area contributed by atoms with Crippen LogP contribution in [0.15, 0.2) is 18.2 Å². The highest BCUT2D eigenvalue weighted by Crippen LogP contribution is 2.12. The molecule has 0 spiro atoms. The predicted molar refractivity (Wildman–Crippen MR) is 68.9 cm³/mol. The normalized spacial score (nSPS) is 18.5. The zero-order valence-corrected chi connectivity index (χ0v) is 10.9. The molecule has 0 bridgehead atoms. The second kappa shape index (κ2) is 5.98. The van der Waals surface area contributed by atoms with Gasteiger partial charge in [0.1, 0.15) is 24.2 Å². The molecule has 0 amide bonds. The van der Waals surface area contributed by atoms with Gasteiger partial charge in [-0.15, -0.1) is 0 Å². The number of aromatic amines is 1. The van der Waals surface area contributed by atoms with Gasteiger partial charge in [-0.1, -0.05) is 6.07 Å². The van der Waals surface area contributed by atoms with Crippen LogP contribution in [0.4, 0.5) is 0 Å². The number of fused-ring (bicyclic) bond motifs is 1. The van der Waals surface area contributed by atoms with Gasteiger partial charge in [0.05, 0.1) is 12.7 Å². The maximum Gasteiger partial charge on any atom is 0.332 e. The van der Waals surface area contributed by atoms with Crippen LogP contribution >= 0.6 is 0 Å². The minimum atomic E-state index is -0.378. The van der Waals surface area contributed by atoms with E-state index < -0.39 is 0 Å². The van der Waals surface area contributed by atoms with Crippen molar-refractivity contribution in [2.45, 2.75) is 19.1 Å². The summed E-state index contributed by atoms with van der Waals surface area (Å²) in [5.74, 6) is -0.378. The number of nitrogens with zero attached hydrogens (tertiary/aromatic N) is 2. The number of carbonyl (C=O) groups is 1. The quantitative estimate of drug-likeness (QED) is 0.814. The van der Waals surface area contributed by atoms with E-state index in [0.29, 0.717) is 13.2 Å². The molecule has 20 heavy (non-hydrogen) atoms. The van der Waals surface area contributed by atoms with Crippen molar-refractivity contribution < 1.29 is 19.0 Å². The molecule has 0 radical (unpaired) electrons. The van der Waals surface area contributed by atoms with Crippen molar-refractivity contribution in [3.8, 4) is 0 Å². The van der Waals surface area contributed by atoms with E-state index in [2.05, 4.69) is 15.4 Å². The molecule has 1 aliphatic rings. The lowest BCUT2D eigenvalue weighted by Gasteiger charge is -2.09. The van der Waals surface area contributed by atoms with Crippen LogP contribution in [0.25, 0.3) is 11.0 Å². The fourth-order valence-electron chi connectivity index (χ4n) is 2.01. The first-order valence-electron chi connectivity index (χ1n) is 6.45. The number of hydrogen-bond donors (Lipinski definition) is 1. The first-order chi connectivity index (χ1) is 9.81. The van der Waals surface area contributed by atoms with Gasteiger partial charge in [0.25, 0.3) is 0 Å². The molecule has 1 atom stereocenters. The summed E-state index contributed by atoms with van der Waals surface area (Å²) in [6, 6.07) is 5.51. The second-order valence-corrected chi connectivity index (χ2v) is 4.60. The SMILES string of the molecule is O=C(CO[C@H]1CCOC1)OCc1ccc2n[nH]nc2c1. The fraction of sp³-hybridized carbons (Fsp3) is 0.462. The van der Waals surface area contributed by atoms with Crippen LogP contribution in [-0.2, 0) is 25.6 Å². The van der Waals surface area contributed by atoms with Gasteiger partial charge in [-0.25, -0.2) is 4.79 Å². The van der Waals surface area contributed by atoms with E-state index in [0.717, 1.165) is 23.0 Å². The van der Waals surface area contributed by atoms with Crippen LogP contribution in [0.3, 0.4) is 0 Å². The summed E-state index contributed by atoms with van der Waals surface area (Å²) in [4.78, 5) is 11.6. The van der Waals surface area contributed by atoms with E-state index in [9.17, 15) is 4.79 Å². The number of nitrogens with one attached hydrogen (secondary N) is 1. The molecule has 0 saturated carbocycles. The van der Waals surface area contributed by atoms with Gasteiger partial charge in [0, 0.05) is 6.61 Å². The number of rotatable bonds is 5. The standard InChI is InChI=1S/C13H15N3O4/c17-13(8-19-10-3-4-18-7-10)20-6-9-1-2-11-12(5-9)15-16-14-11/h1-2,5,10H,3-4,6-8H2,(H,14,15,16)/t10-/m0/s1. The molecule has 1 aliphatic heterocycles. The van der Waals surface area contributed by atoms with Crippen LogP contribution in [0.2, 0.25) is 0 Å². The molecular formula is C13H15N3O4. The van der Waals surface area contributed by atoms with Crippen molar-refractivity contribution in [2.75, 3.05) is 19.8 Å². The molecule has 7 nitrogen and oxygen atoms in total. The van der Waals surface area contributed by atoms with Crippen molar-refractivity contribution in [2.24, 2.45) is 0 Å². The third kappa shape index (κ3) is 3.12. The summed E-state index contributed by atoms with van der Waals surface area (Å²) in [5.41, 5.74) is 2.39. The molecule has 7 heteroatoms. The zero-order chi connectivity index (χ0) is 13.8. The highest BCUT2D eigenvalue weighted by molar-refractivity contribution is 5.74. The van der Waals surface area contributed by atoms with Crippen LogP contribution in [0, 0.1) is 0 Å². The number of carbonyl (C=O) groups excluding carboxylic acids is 1. The van der Waals surface area contributed by atoms with Crippen molar-refractivity contribution in [1.82, 2.24) is 15.4 Å². The molecule has 1 aromatic carbocycles. The Kier molecular flexibility index (Phi) is 3.89. The maximum absolute atomic E-state index is 11.6. The number of hydrogen-bond acceptors (Lipinski definition) is 6. The second-order valence-electron chi connectivity index (χ2n) is 4.60. The Labute approximate surface area is 115 Å². The first-order valence-corrected chi connectivity index (χ1v) is 6.45. The summed E-state index contributed by atoms with van der Waals surface area (Å²) >= 11 is 0. The minimum Gasteiger partial charge on any atom is -0.459 e. The zero-order valence-electron chi connectivity index (χ0n) is 10.9. The fourth-order valence-corrected chi connectivity index (χ4v) is 2.01. The molecule has 0 aliphatic carbocycles. The van der Waals surface area contributed by atoms with Crippen LogP contribution in [0.1, 0.15) is 12.0 Å². The number of esters is 1. The van der Waals surface area contributed by atoms with E-state index in [1.54, 1.807) is 0 Å². The van der Waals surface area contributed by atoms with Gasteiger partial charge in [0.2, 0.25) is 0 Å². The number of H-pyrrole nitrogens is 1. The van der Waals surface area contributed by atoms with E-state index in [4.69, 9.17) is 14.2 Å². The average Bonchev–Trinajstić information content (AvgIpc) is 3.13. The van der Waals surface area contributed by atoms with Crippen molar-refractivity contribution in [1.29, 1.82) is 0 Å². The highest BCUT2D eigenvalue weighted by Gasteiger charge is 2.17. The summed E-state index contributed by atoms with van der Waals surface area (Å²) in [5, 5.41) is 10.5. The lowest BCUT2D eigenvalue weighted by molar-refractivity contribution is -0.152. The van der Waals surface area contributed by atoms with Crippen molar-refractivity contribution in [3.63, 3.8) is 0 Å². The predicted octanol–water partition coefficient (Wildman–Crippen LogP) is 0.807. The van der Waals surface area contributed by atoms with Crippen LogP contribution < -0.4 is 0 Å². The molecule has 1 saturated heterocycles. The van der Waals surface area contributed by atoms with E-state index in [1.165, 1.54) is 0 Å². The lowest BCUT2D eigenvalue weighted by atomic mass is 10.2. The first kappa shape index (κ1) is 13.0. The Morgan fingerprint density at radius 3 is 3.15 bits per heavy atom. The molecule has 2 heterocycles. The Morgan fingerprint density at radius 1 is 1.40 bits per heavy atom. The third-order valence-corrected chi connectivity index (χ3v) is 3.11. The molecule has 0 unspecified atom stereocenters. The van der Waals surface area contributed by atoms with Gasteiger partial charge in [-0.05, 0) is 24.1 Å². The van der Waals surface area contributed by atoms with Crippen molar-refractivity contribution in [3.05, 3.63) is 23.8 Å². The molecule has 2 aromatic rings. The summed E-state index contributed by atoms with van der Waals surface area (Å²) in [6.45, 7) is 1.40. The van der Waals surface area contributed by atoms with Crippen LogP contribution in [0.5, 0.6) is 0 Å². The number of aromatic nitrogens is 3. The topological polar surface area (TPSA) is 86.3 Å². The van der Waals surface area contributed by atoms with Gasteiger partial charge >= 0.3 is 5.97 Å². The van der Waals surface area contributed by atoms with E-state index in [1.807, 2.05) is 18.2 Å². The lowest BCUT2D eigenvalue weighted by Crippen LogP contribution is -2.20. The van der Waals surface area contributed by atoms with Gasteiger partial charge in [-0.2, -0.15) is 15.4 Å². The monoisotopic (exact) mass is 277 g/mol. The minimum absolute atomic E-state index is 0.00836. The molecule has 1 N–H and O–H groups in total. The third-order valence-electron chi connectivity index (χ3n) is 3.11. The smallest absolute Gasteiger partial charge is 0.332 e. The molecule has 3 rings (SSSR count). The van der Waals surface area contributed by atoms with Gasteiger partial charge in [-0.3, -0.25) is 0 Å². The van der Waals surface area contributed by atoms with Crippen molar-refractivity contribution >= 4 is 17.0 Å². The Hall–Kier alpha value is -1.99. The average molecular weight is 277 g/mol. The summed E-state index contributed by atoms with van der Waals surface area (Å²) < 4.78 is 15.7. The summed E-state index contributed by atoms with van der Waals surface area (Å²) in [6.07, 6.45) is 0.838. The largest absolute Gasteiger partial charge is 0.459 e. The Bertz CT molecular complexity index is 592. The molecule has 1 aromatic heterocycles. The maximum atomic E-state index is 11.6. The molecular weight excluding hydrogens is 262 g/mol. The number of benzene rings is 1. The van der Waals surface area contributed by atoms with Gasteiger partial charge < -0.3 is 14.2 Å².